The van der Waals surface area contributed by atoms with E-state index in [1.54, 1.807) is 19.3 Å². The summed E-state index contributed by atoms with van der Waals surface area (Å²) in [6, 6.07) is 14.6. The number of carbonyl (C=O) groups excluding carboxylic acids is 2. The lowest BCUT2D eigenvalue weighted by molar-refractivity contribution is -0.255. The maximum atomic E-state index is 14.2. The monoisotopic (exact) mass is 771 g/mol. The largest absolute Gasteiger partial charge is 0.459 e. The molecule has 0 spiro atoms. The van der Waals surface area contributed by atoms with E-state index in [9.17, 15) is 19.8 Å². The number of carbonyl (C=O) groups is 2. The zero-order valence-electron chi connectivity index (χ0n) is 33.2. The van der Waals surface area contributed by atoms with Gasteiger partial charge in [-0.15, -0.1) is 6.58 Å². The van der Waals surface area contributed by atoms with E-state index in [0.29, 0.717) is 49.6 Å². The van der Waals surface area contributed by atoms with Crippen molar-refractivity contribution in [1.82, 2.24) is 10.2 Å². The average molecular weight is 772 g/mol. The molecule has 2 aromatic rings. The zero-order chi connectivity index (χ0) is 39.5. The molecule has 0 aromatic heterocycles. The summed E-state index contributed by atoms with van der Waals surface area (Å²) < 4.78 is 20.0. The van der Waals surface area contributed by atoms with Crippen LogP contribution in [0.5, 0.6) is 11.5 Å². The molecule has 1 heterocycles. The van der Waals surface area contributed by atoms with Crippen molar-refractivity contribution in [3.8, 4) is 11.5 Å². The highest BCUT2D eigenvalue weighted by molar-refractivity contribution is 6.03. The molecular formula is C45H61N3O8. The normalized spacial score (nSPS) is 26.0. The molecule has 6 rings (SSSR count). The number of likely N-dealkylation sites (N-methyl/N-ethyl adjacent to an activating group) is 1. The Labute approximate surface area is 332 Å². The van der Waals surface area contributed by atoms with Crippen LogP contribution in [0.2, 0.25) is 0 Å². The fraction of sp³-hybridized carbons (Fsp3) is 0.578. The third-order valence-corrected chi connectivity index (χ3v) is 12.4. The molecule has 3 aliphatic carbocycles. The van der Waals surface area contributed by atoms with Gasteiger partial charge >= 0.3 is 6.09 Å². The highest BCUT2D eigenvalue weighted by Crippen LogP contribution is 2.61. The zero-order valence-corrected chi connectivity index (χ0v) is 33.2. The van der Waals surface area contributed by atoms with Gasteiger partial charge in [0.05, 0.1) is 18.2 Å². The molecule has 56 heavy (non-hydrogen) atoms. The van der Waals surface area contributed by atoms with Gasteiger partial charge in [0.2, 0.25) is 11.7 Å². The van der Waals surface area contributed by atoms with Crippen LogP contribution in [-0.4, -0.2) is 78.6 Å². The van der Waals surface area contributed by atoms with Gasteiger partial charge in [-0.2, -0.15) is 0 Å². The minimum Gasteiger partial charge on any atom is -0.459 e. The average Bonchev–Trinajstić information content (AvgIpc) is 3.74. The van der Waals surface area contributed by atoms with E-state index in [2.05, 4.69) is 23.1 Å². The van der Waals surface area contributed by atoms with E-state index in [1.807, 2.05) is 54.4 Å². The van der Waals surface area contributed by atoms with Crippen molar-refractivity contribution in [1.29, 1.82) is 0 Å². The van der Waals surface area contributed by atoms with Crippen LogP contribution in [0.25, 0.3) is 0 Å². The van der Waals surface area contributed by atoms with Crippen LogP contribution in [0.1, 0.15) is 101 Å². The van der Waals surface area contributed by atoms with Crippen LogP contribution >= 0.6 is 0 Å². The SMILES string of the molecule is C=CCOC12Oc3ccc(OC(=O)NCc4ccccc4)cc3C3C(CCCCO)C(CCCCO)C=C(C(=NOC)CC1N(C)C(=O)CCC1CCCC1)C32. The van der Waals surface area contributed by atoms with Crippen molar-refractivity contribution in [2.24, 2.45) is 28.8 Å². The van der Waals surface area contributed by atoms with E-state index in [1.165, 1.54) is 25.7 Å². The number of unbranched alkanes of at least 4 members (excludes halogenated alkanes) is 2. The number of amides is 2. The van der Waals surface area contributed by atoms with Crippen molar-refractivity contribution in [3.05, 3.63) is 84.0 Å². The third-order valence-electron chi connectivity index (χ3n) is 12.4. The molecule has 2 saturated carbocycles. The lowest BCUT2D eigenvalue weighted by Gasteiger charge is -2.59. The fourth-order valence-electron chi connectivity index (χ4n) is 9.79. The molecule has 2 fully saturated rings. The topological polar surface area (TPSA) is 139 Å². The van der Waals surface area contributed by atoms with Crippen LogP contribution < -0.4 is 14.8 Å². The molecule has 3 N–H and O–H groups in total. The van der Waals surface area contributed by atoms with Crippen molar-refractivity contribution >= 4 is 17.7 Å². The number of fused-ring (bicyclic) bond motifs is 2. The number of nitrogens with one attached hydrogen (secondary N) is 1. The van der Waals surface area contributed by atoms with Crippen molar-refractivity contribution in [2.45, 2.75) is 108 Å². The molecule has 11 nitrogen and oxygen atoms in total. The summed E-state index contributed by atoms with van der Waals surface area (Å²) in [6.45, 7) is 4.73. The summed E-state index contributed by atoms with van der Waals surface area (Å²) >= 11 is 0. The summed E-state index contributed by atoms with van der Waals surface area (Å²) in [5.74, 6) is -0.143. The Morgan fingerprint density at radius 3 is 2.50 bits per heavy atom. The number of aliphatic hydroxyl groups is 2. The molecule has 6 atom stereocenters. The van der Waals surface area contributed by atoms with Gasteiger partial charge in [0.15, 0.2) is 0 Å². The van der Waals surface area contributed by atoms with E-state index in [0.717, 1.165) is 54.5 Å². The number of oxime groups is 1. The number of aliphatic hydroxyl groups excluding tert-OH is 2. The third kappa shape index (κ3) is 9.32. The molecule has 6 unspecified atom stereocenters. The second kappa shape index (κ2) is 19.8. The fourth-order valence-corrected chi connectivity index (χ4v) is 9.79. The summed E-state index contributed by atoms with van der Waals surface area (Å²) in [7, 11) is 3.41. The van der Waals surface area contributed by atoms with Crippen LogP contribution in [0.4, 0.5) is 4.79 Å². The Kier molecular flexibility index (Phi) is 14.6. The quantitative estimate of drug-likeness (QED) is 0.0752. The van der Waals surface area contributed by atoms with Gasteiger partial charge in [-0.05, 0) is 79.2 Å². The molecular weight excluding hydrogens is 711 g/mol. The molecule has 4 aliphatic rings. The van der Waals surface area contributed by atoms with Gasteiger partial charge in [-0.1, -0.05) is 86.2 Å². The first-order valence-electron chi connectivity index (χ1n) is 20.7. The number of ether oxygens (including phenoxy) is 3. The van der Waals surface area contributed by atoms with Crippen LogP contribution in [-0.2, 0) is 20.9 Å². The molecule has 304 valence electrons. The van der Waals surface area contributed by atoms with Gasteiger partial charge in [0.1, 0.15) is 24.7 Å². The first-order chi connectivity index (χ1) is 27.3. The first kappa shape index (κ1) is 41.4. The Morgan fingerprint density at radius 2 is 1.79 bits per heavy atom. The van der Waals surface area contributed by atoms with Gasteiger partial charge in [0.25, 0.3) is 0 Å². The molecule has 11 heteroatoms. The molecule has 2 aromatic carbocycles. The second-order valence-corrected chi connectivity index (χ2v) is 15.9. The Hall–Kier alpha value is -4.19. The Morgan fingerprint density at radius 1 is 1.04 bits per heavy atom. The Balaban J connectivity index is 1.44. The van der Waals surface area contributed by atoms with E-state index in [-0.39, 0.29) is 43.5 Å². The van der Waals surface area contributed by atoms with Crippen LogP contribution in [0.15, 0.2) is 78.0 Å². The highest BCUT2D eigenvalue weighted by atomic mass is 16.7. The molecule has 2 amide bonds. The molecule has 1 aliphatic heterocycles. The number of nitrogens with zero attached hydrogens (tertiary/aromatic N) is 2. The molecule has 0 radical (unpaired) electrons. The summed E-state index contributed by atoms with van der Waals surface area (Å²) in [5, 5.41) is 27.1. The summed E-state index contributed by atoms with van der Waals surface area (Å²) in [5.41, 5.74) is 3.57. The Bertz CT molecular complexity index is 1690. The highest BCUT2D eigenvalue weighted by Gasteiger charge is 2.65. The molecule has 0 bridgehead atoms. The van der Waals surface area contributed by atoms with Gasteiger partial charge < -0.3 is 39.5 Å². The number of hydrogen-bond acceptors (Lipinski definition) is 9. The van der Waals surface area contributed by atoms with E-state index < -0.39 is 23.8 Å². The van der Waals surface area contributed by atoms with Gasteiger partial charge in [-0.3, -0.25) is 4.79 Å². The van der Waals surface area contributed by atoms with Gasteiger partial charge in [0, 0.05) is 51.1 Å². The summed E-state index contributed by atoms with van der Waals surface area (Å²) in [6.07, 6.45) is 14.6. The summed E-state index contributed by atoms with van der Waals surface area (Å²) in [4.78, 5) is 34.7. The second-order valence-electron chi connectivity index (χ2n) is 15.9. The molecule has 0 saturated heterocycles. The van der Waals surface area contributed by atoms with Gasteiger partial charge in [-0.25, -0.2) is 4.79 Å². The minimum absolute atomic E-state index is 0.0427. The lowest BCUT2D eigenvalue weighted by atomic mass is 9.55. The van der Waals surface area contributed by atoms with Crippen molar-refractivity contribution in [2.75, 3.05) is 34.0 Å². The maximum absolute atomic E-state index is 14.2. The lowest BCUT2D eigenvalue weighted by Crippen LogP contribution is -2.69. The number of rotatable bonds is 19. The first-order valence-corrected chi connectivity index (χ1v) is 20.7. The van der Waals surface area contributed by atoms with Crippen molar-refractivity contribution < 1.29 is 38.9 Å². The van der Waals surface area contributed by atoms with E-state index >= 15 is 0 Å². The number of benzene rings is 2. The minimum atomic E-state index is -1.30. The van der Waals surface area contributed by atoms with E-state index in [4.69, 9.17) is 19.0 Å². The van der Waals surface area contributed by atoms with Crippen LogP contribution in [0.3, 0.4) is 0 Å². The van der Waals surface area contributed by atoms with Crippen LogP contribution in [0, 0.1) is 23.7 Å². The van der Waals surface area contributed by atoms with Crippen molar-refractivity contribution in [3.63, 3.8) is 0 Å². The number of hydrogen-bond donors (Lipinski definition) is 3. The maximum Gasteiger partial charge on any atom is 0.412 e. The number of allylic oxidation sites excluding steroid dienone is 1. The predicted molar refractivity (Wildman–Crippen MR) is 215 cm³/mol. The standard InChI is InChI=1S/C45H61N3O8/c1-4-26-54-45-40(48(2)41(51)23-20-31-14-8-9-15-31)29-38(47-53-3)36-27-33(18-10-12-24-49)35(19-11-13-25-50)42(43(36)45)37-28-34(21-22-39(37)56-45)55-44(52)46-30-32-16-6-5-7-17-32/h4-7,16-17,21-22,27-28,31,33,35,40,42-43,49-50H,1,8-15,18-20,23-26,29-30H2,2-3H3,(H,46,52). The smallest absolute Gasteiger partial charge is 0.412 e. The predicted octanol–water partition coefficient (Wildman–Crippen LogP) is 7.67.